The van der Waals surface area contributed by atoms with Crippen molar-refractivity contribution >= 4 is 34.8 Å². The van der Waals surface area contributed by atoms with Gasteiger partial charge in [0.2, 0.25) is 5.91 Å². The number of nitrogens with two attached hydrogens (primary N) is 1. The van der Waals surface area contributed by atoms with E-state index in [4.69, 9.17) is 5.73 Å². The van der Waals surface area contributed by atoms with Crippen molar-refractivity contribution in [2.24, 2.45) is 16.6 Å². The fourth-order valence-electron chi connectivity index (χ4n) is 3.59. The van der Waals surface area contributed by atoms with Crippen LogP contribution in [0.15, 0.2) is 53.5 Å². The first-order valence-corrected chi connectivity index (χ1v) is 9.48. The Morgan fingerprint density at radius 3 is 2.07 bits per heavy atom. The third kappa shape index (κ3) is 3.67. The number of amides is 3. The predicted molar refractivity (Wildman–Crippen MR) is 110 cm³/mol. The lowest BCUT2D eigenvalue weighted by Gasteiger charge is -2.27. The highest BCUT2D eigenvalue weighted by Gasteiger charge is 2.57. The summed E-state index contributed by atoms with van der Waals surface area (Å²) < 4.78 is 13.0. The molecule has 1 atom stereocenters. The van der Waals surface area contributed by atoms with E-state index in [1.165, 1.54) is 24.3 Å². The van der Waals surface area contributed by atoms with Crippen LogP contribution in [0.3, 0.4) is 0 Å². The van der Waals surface area contributed by atoms with Crippen LogP contribution in [-0.4, -0.2) is 35.6 Å². The molecule has 1 aliphatic carbocycles. The molecule has 1 unspecified atom stereocenters. The summed E-state index contributed by atoms with van der Waals surface area (Å²) in [5, 5.41) is 8.41. The molecule has 2 aromatic rings. The third-order valence-electron chi connectivity index (χ3n) is 5.27. The van der Waals surface area contributed by atoms with Crippen LogP contribution in [0.25, 0.3) is 0 Å². The standard InChI is InChI=1S/C21H20FN5O3/c22-14-5-1-12(2-6-14)18(28)26-15-7-9-16(10-8-15)27-19(29)17-21(20(23)30,13-3-4-13)25-11-24-17/h1-2,5-10,13,25H,3-4,11H2,(H2,23,30)(H,26,28)(H,27,29). The summed E-state index contributed by atoms with van der Waals surface area (Å²) >= 11 is 0. The first-order valence-electron chi connectivity index (χ1n) is 9.48. The number of aliphatic imine (C=N–C) groups is 1. The number of hydrogen-bond acceptors (Lipinski definition) is 5. The van der Waals surface area contributed by atoms with Gasteiger partial charge in [-0.05, 0) is 67.3 Å². The first kappa shape index (κ1) is 19.7. The Kier molecular flexibility index (Phi) is 5.04. The van der Waals surface area contributed by atoms with Crippen molar-refractivity contribution in [1.29, 1.82) is 0 Å². The minimum Gasteiger partial charge on any atom is -0.368 e. The molecule has 154 valence electrons. The van der Waals surface area contributed by atoms with Gasteiger partial charge in [0.1, 0.15) is 17.1 Å². The van der Waals surface area contributed by atoms with Crippen molar-refractivity contribution in [2.45, 2.75) is 18.4 Å². The number of halogens is 1. The molecule has 2 aliphatic rings. The second kappa shape index (κ2) is 7.68. The van der Waals surface area contributed by atoms with E-state index in [2.05, 4.69) is 20.9 Å². The molecule has 4 rings (SSSR count). The van der Waals surface area contributed by atoms with Gasteiger partial charge in [0.25, 0.3) is 11.8 Å². The Bertz CT molecular complexity index is 1030. The first-order chi connectivity index (χ1) is 14.4. The Morgan fingerprint density at radius 1 is 0.967 bits per heavy atom. The van der Waals surface area contributed by atoms with Crippen LogP contribution in [0.2, 0.25) is 0 Å². The summed E-state index contributed by atoms with van der Waals surface area (Å²) in [7, 11) is 0. The number of hydrogen-bond donors (Lipinski definition) is 4. The zero-order chi connectivity index (χ0) is 21.3. The van der Waals surface area contributed by atoms with Crippen molar-refractivity contribution in [3.05, 3.63) is 59.9 Å². The molecule has 1 fully saturated rings. The second-order valence-electron chi connectivity index (χ2n) is 7.28. The number of benzene rings is 2. The number of nitrogens with one attached hydrogen (secondary N) is 3. The van der Waals surface area contributed by atoms with Crippen molar-refractivity contribution in [1.82, 2.24) is 5.32 Å². The van der Waals surface area contributed by atoms with E-state index in [-0.39, 0.29) is 24.2 Å². The van der Waals surface area contributed by atoms with E-state index in [1.54, 1.807) is 24.3 Å². The Morgan fingerprint density at radius 2 is 1.53 bits per heavy atom. The van der Waals surface area contributed by atoms with Gasteiger partial charge in [-0.15, -0.1) is 0 Å². The Labute approximate surface area is 171 Å². The maximum absolute atomic E-state index is 13.0. The van der Waals surface area contributed by atoms with Crippen molar-refractivity contribution in [3.8, 4) is 0 Å². The summed E-state index contributed by atoms with van der Waals surface area (Å²) in [5.41, 5.74) is 5.79. The van der Waals surface area contributed by atoms with Crippen LogP contribution in [-0.2, 0) is 9.59 Å². The lowest BCUT2D eigenvalue weighted by molar-refractivity contribution is -0.123. The average Bonchev–Trinajstić information content (AvgIpc) is 3.48. The molecule has 0 saturated heterocycles. The quantitative estimate of drug-likeness (QED) is 0.579. The molecule has 1 aliphatic heterocycles. The number of rotatable bonds is 6. The number of carbonyl (C=O) groups excluding carboxylic acids is 3. The second-order valence-corrected chi connectivity index (χ2v) is 7.28. The summed E-state index contributed by atoms with van der Waals surface area (Å²) in [4.78, 5) is 41.2. The number of primary amides is 1. The van der Waals surface area contributed by atoms with Crippen LogP contribution >= 0.6 is 0 Å². The van der Waals surface area contributed by atoms with Gasteiger partial charge in [0.05, 0.1) is 6.67 Å². The van der Waals surface area contributed by atoms with Crippen LogP contribution in [0, 0.1) is 11.7 Å². The Hall–Kier alpha value is -3.59. The molecule has 1 saturated carbocycles. The van der Waals surface area contributed by atoms with E-state index in [0.29, 0.717) is 16.9 Å². The smallest absolute Gasteiger partial charge is 0.272 e. The van der Waals surface area contributed by atoms with E-state index in [0.717, 1.165) is 12.8 Å². The third-order valence-corrected chi connectivity index (χ3v) is 5.27. The van der Waals surface area contributed by atoms with Crippen LogP contribution in [0.4, 0.5) is 15.8 Å². The van der Waals surface area contributed by atoms with Gasteiger partial charge < -0.3 is 16.4 Å². The van der Waals surface area contributed by atoms with Crippen molar-refractivity contribution in [3.63, 3.8) is 0 Å². The van der Waals surface area contributed by atoms with Crippen LogP contribution in [0.1, 0.15) is 23.2 Å². The van der Waals surface area contributed by atoms with E-state index in [9.17, 15) is 18.8 Å². The van der Waals surface area contributed by atoms with Gasteiger partial charge in [0, 0.05) is 16.9 Å². The summed E-state index contributed by atoms with van der Waals surface area (Å²) in [6.07, 6.45) is 1.62. The van der Waals surface area contributed by atoms with E-state index >= 15 is 0 Å². The lowest BCUT2D eigenvalue weighted by atomic mass is 9.87. The fraction of sp³-hybridized carbons (Fsp3) is 0.238. The SMILES string of the molecule is NC(=O)C1(C2CC2)NCN=C1C(=O)Nc1ccc(NC(=O)c2ccc(F)cc2)cc1. The molecule has 0 bridgehead atoms. The zero-order valence-corrected chi connectivity index (χ0v) is 15.9. The van der Waals surface area contributed by atoms with Crippen molar-refractivity contribution < 1.29 is 18.8 Å². The summed E-state index contributed by atoms with van der Waals surface area (Å²) in [5.74, 6) is -1.92. The molecular formula is C21H20FN5O3. The van der Waals surface area contributed by atoms with Gasteiger partial charge in [-0.25, -0.2) is 4.39 Å². The average molecular weight is 409 g/mol. The van der Waals surface area contributed by atoms with E-state index in [1.807, 2.05) is 0 Å². The molecule has 5 N–H and O–H groups in total. The number of nitrogens with zero attached hydrogens (tertiary/aromatic N) is 1. The molecule has 1 heterocycles. The highest BCUT2D eigenvalue weighted by Crippen LogP contribution is 2.42. The predicted octanol–water partition coefficient (Wildman–Crippen LogP) is 1.65. The monoisotopic (exact) mass is 409 g/mol. The zero-order valence-electron chi connectivity index (χ0n) is 15.9. The number of anilines is 2. The summed E-state index contributed by atoms with van der Waals surface area (Å²) in [6.45, 7) is 0.163. The van der Waals surface area contributed by atoms with E-state index < -0.39 is 23.2 Å². The Balaban J connectivity index is 1.42. The minimum atomic E-state index is -1.22. The largest absolute Gasteiger partial charge is 0.368 e. The normalized spacial score (nSPS) is 20.4. The molecule has 0 spiro atoms. The molecule has 2 aromatic carbocycles. The number of carbonyl (C=O) groups is 3. The highest BCUT2D eigenvalue weighted by molar-refractivity contribution is 6.50. The lowest BCUT2D eigenvalue weighted by Crippen LogP contribution is -2.62. The maximum Gasteiger partial charge on any atom is 0.272 e. The van der Waals surface area contributed by atoms with Gasteiger partial charge >= 0.3 is 0 Å². The molecule has 8 nitrogen and oxygen atoms in total. The molecule has 3 amide bonds. The molecular weight excluding hydrogens is 389 g/mol. The van der Waals surface area contributed by atoms with Gasteiger partial charge in [0.15, 0.2) is 0 Å². The maximum atomic E-state index is 13.0. The molecule has 9 heteroatoms. The van der Waals surface area contributed by atoms with Crippen molar-refractivity contribution in [2.75, 3.05) is 17.3 Å². The highest BCUT2D eigenvalue weighted by atomic mass is 19.1. The topological polar surface area (TPSA) is 126 Å². The molecule has 0 radical (unpaired) electrons. The molecule has 30 heavy (non-hydrogen) atoms. The fourth-order valence-corrected chi connectivity index (χ4v) is 3.59. The van der Waals surface area contributed by atoms with Crippen LogP contribution in [0.5, 0.6) is 0 Å². The minimum absolute atomic E-state index is 0.0222. The van der Waals surface area contributed by atoms with Gasteiger partial charge in [-0.3, -0.25) is 24.7 Å². The van der Waals surface area contributed by atoms with Crippen LogP contribution < -0.4 is 21.7 Å². The molecule has 0 aromatic heterocycles. The van der Waals surface area contributed by atoms with Gasteiger partial charge in [-0.1, -0.05) is 0 Å². The van der Waals surface area contributed by atoms with Gasteiger partial charge in [-0.2, -0.15) is 0 Å². The summed E-state index contributed by atoms with van der Waals surface area (Å²) in [6, 6.07) is 11.7.